The van der Waals surface area contributed by atoms with Crippen LogP contribution in [0.25, 0.3) is 5.69 Å². The zero-order chi connectivity index (χ0) is 12.4. The van der Waals surface area contributed by atoms with E-state index in [4.69, 9.17) is 17.3 Å². The lowest BCUT2D eigenvalue weighted by Gasteiger charge is -2.08. The lowest BCUT2D eigenvalue weighted by atomic mass is 10.2. The van der Waals surface area contributed by atoms with Gasteiger partial charge in [-0.25, -0.2) is 4.98 Å². The molecule has 0 bridgehead atoms. The van der Waals surface area contributed by atoms with Gasteiger partial charge in [0.25, 0.3) is 0 Å². The quantitative estimate of drug-likeness (QED) is 0.909. The van der Waals surface area contributed by atoms with Gasteiger partial charge in [0.2, 0.25) is 0 Å². The molecule has 0 fully saturated rings. The highest BCUT2D eigenvalue weighted by molar-refractivity contribution is 6.30. The second-order valence-electron chi connectivity index (χ2n) is 4.12. The first-order chi connectivity index (χ1) is 8.11. The van der Waals surface area contributed by atoms with E-state index < -0.39 is 0 Å². The standard InChI is InChI=1S/C13H16ClN3/c1-9-7-11(14)3-4-13(9)17-8-12(5-6-15)16-10(17)2/h3-4,7-8H,5-6,15H2,1-2H3. The van der Waals surface area contributed by atoms with E-state index in [-0.39, 0.29) is 0 Å². The first-order valence-corrected chi connectivity index (χ1v) is 6.01. The fraction of sp³-hybridized carbons (Fsp3) is 0.308. The monoisotopic (exact) mass is 249 g/mol. The molecule has 0 saturated carbocycles. The zero-order valence-corrected chi connectivity index (χ0v) is 10.8. The Hall–Kier alpha value is -1.32. The Balaban J connectivity index is 2.45. The Morgan fingerprint density at radius 2 is 2.12 bits per heavy atom. The molecule has 4 heteroatoms. The van der Waals surface area contributed by atoms with Crippen molar-refractivity contribution in [2.75, 3.05) is 6.54 Å². The Bertz CT molecular complexity index is 531. The maximum absolute atomic E-state index is 5.96. The van der Waals surface area contributed by atoms with Gasteiger partial charge in [-0.05, 0) is 44.2 Å². The van der Waals surface area contributed by atoms with Gasteiger partial charge in [0.15, 0.2) is 0 Å². The molecular weight excluding hydrogens is 234 g/mol. The maximum Gasteiger partial charge on any atom is 0.110 e. The molecule has 2 N–H and O–H groups in total. The lowest BCUT2D eigenvalue weighted by molar-refractivity contribution is 0.928. The predicted molar refractivity (Wildman–Crippen MR) is 70.8 cm³/mol. The van der Waals surface area contributed by atoms with Gasteiger partial charge in [0.05, 0.1) is 5.69 Å². The summed E-state index contributed by atoms with van der Waals surface area (Å²) in [7, 11) is 0. The summed E-state index contributed by atoms with van der Waals surface area (Å²) in [6, 6.07) is 5.86. The first-order valence-electron chi connectivity index (χ1n) is 5.63. The molecule has 1 aromatic heterocycles. The molecule has 2 rings (SSSR count). The Morgan fingerprint density at radius 3 is 2.76 bits per heavy atom. The number of benzene rings is 1. The molecular formula is C13H16ClN3. The molecule has 0 unspecified atom stereocenters. The van der Waals surface area contributed by atoms with Gasteiger partial charge in [-0.15, -0.1) is 0 Å². The number of nitrogens with two attached hydrogens (primary N) is 1. The number of hydrogen-bond acceptors (Lipinski definition) is 2. The SMILES string of the molecule is Cc1cc(Cl)ccc1-n1cc(CCN)nc1C. The summed E-state index contributed by atoms with van der Waals surface area (Å²) in [5.41, 5.74) is 8.82. The van der Waals surface area contributed by atoms with Crippen LogP contribution in [-0.4, -0.2) is 16.1 Å². The van der Waals surface area contributed by atoms with Crippen molar-refractivity contribution in [2.45, 2.75) is 20.3 Å². The minimum absolute atomic E-state index is 0.621. The maximum atomic E-state index is 5.96. The van der Waals surface area contributed by atoms with Crippen LogP contribution in [-0.2, 0) is 6.42 Å². The van der Waals surface area contributed by atoms with Crippen LogP contribution in [0.1, 0.15) is 17.1 Å². The number of aromatic nitrogens is 2. The summed E-state index contributed by atoms with van der Waals surface area (Å²) < 4.78 is 2.08. The average molecular weight is 250 g/mol. The number of aryl methyl sites for hydroxylation is 2. The topological polar surface area (TPSA) is 43.8 Å². The Morgan fingerprint density at radius 1 is 1.35 bits per heavy atom. The largest absolute Gasteiger partial charge is 0.330 e. The summed E-state index contributed by atoms with van der Waals surface area (Å²) >= 11 is 5.96. The van der Waals surface area contributed by atoms with Crippen LogP contribution in [0.3, 0.4) is 0 Å². The van der Waals surface area contributed by atoms with Crippen LogP contribution < -0.4 is 5.73 Å². The predicted octanol–water partition coefficient (Wildman–Crippen LogP) is 2.64. The van der Waals surface area contributed by atoms with E-state index in [2.05, 4.69) is 9.55 Å². The molecule has 0 atom stereocenters. The Kier molecular flexibility index (Phi) is 3.50. The van der Waals surface area contributed by atoms with Gasteiger partial charge in [0.1, 0.15) is 5.82 Å². The van der Waals surface area contributed by atoms with E-state index in [1.165, 1.54) is 0 Å². The molecule has 0 spiro atoms. The van der Waals surface area contributed by atoms with Crippen molar-refractivity contribution >= 4 is 11.6 Å². The third kappa shape index (κ3) is 2.51. The third-order valence-electron chi connectivity index (χ3n) is 2.75. The number of hydrogen-bond donors (Lipinski definition) is 1. The Labute approximate surface area is 106 Å². The molecule has 0 aliphatic rings. The summed E-state index contributed by atoms with van der Waals surface area (Å²) in [5.74, 6) is 0.971. The molecule has 0 saturated heterocycles. The number of nitrogens with zero attached hydrogens (tertiary/aromatic N) is 2. The van der Waals surface area contributed by atoms with E-state index in [9.17, 15) is 0 Å². The minimum atomic E-state index is 0.621. The zero-order valence-electron chi connectivity index (χ0n) is 10.1. The van der Waals surface area contributed by atoms with Crippen LogP contribution >= 0.6 is 11.6 Å². The van der Waals surface area contributed by atoms with Gasteiger partial charge in [0, 0.05) is 23.3 Å². The molecule has 3 nitrogen and oxygen atoms in total. The van der Waals surface area contributed by atoms with Crippen molar-refractivity contribution in [1.82, 2.24) is 9.55 Å². The highest BCUT2D eigenvalue weighted by atomic mass is 35.5. The van der Waals surface area contributed by atoms with Crippen LogP contribution in [0.5, 0.6) is 0 Å². The fourth-order valence-corrected chi connectivity index (χ4v) is 2.16. The van der Waals surface area contributed by atoms with Crippen molar-refractivity contribution in [3.63, 3.8) is 0 Å². The normalized spacial score (nSPS) is 10.8. The van der Waals surface area contributed by atoms with Crippen molar-refractivity contribution < 1.29 is 0 Å². The molecule has 17 heavy (non-hydrogen) atoms. The number of halogens is 1. The fourth-order valence-electron chi connectivity index (χ4n) is 1.93. The molecule has 0 aliphatic heterocycles. The second kappa shape index (κ2) is 4.90. The van der Waals surface area contributed by atoms with Gasteiger partial charge in [-0.3, -0.25) is 0 Å². The minimum Gasteiger partial charge on any atom is -0.330 e. The van der Waals surface area contributed by atoms with Crippen LogP contribution in [0, 0.1) is 13.8 Å². The highest BCUT2D eigenvalue weighted by Crippen LogP contribution is 2.20. The van der Waals surface area contributed by atoms with E-state index >= 15 is 0 Å². The number of rotatable bonds is 3. The summed E-state index contributed by atoms with van der Waals surface area (Å²) in [6.07, 6.45) is 2.85. The van der Waals surface area contributed by atoms with Crippen molar-refractivity contribution in [3.8, 4) is 5.69 Å². The molecule has 0 aliphatic carbocycles. The van der Waals surface area contributed by atoms with E-state index in [0.717, 1.165) is 34.2 Å². The summed E-state index contributed by atoms with van der Waals surface area (Å²) in [5, 5.41) is 0.756. The average Bonchev–Trinajstić information content (AvgIpc) is 2.60. The van der Waals surface area contributed by atoms with Gasteiger partial charge in [-0.1, -0.05) is 11.6 Å². The molecule has 1 heterocycles. The van der Waals surface area contributed by atoms with E-state index in [1.807, 2.05) is 38.2 Å². The van der Waals surface area contributed by atoms with Crippen LogP contribution in [0.2, 0.25) is 5.02 Å². The molecule has 0 radical (unpaired) electrons. The van der Waals surface area contributed by atoms with Crippen LogP contribution in [0.15, 0.2) is 24.4 Å². The van der Waals surface area contributed by atoms with Crippen LogP contribution in [0.4, 0.5) is 0 Å². The smallest absolute Gasteiger partial charge is 0.110 e. The molecule has 1 aromatic carbocycles. The van der Waals surface area contributed by atoms with Crippen molar-refractivity contribution in [3.05, 3.63) is 46.5 Å². The van der Waals surface area contributed by atoms with Gasteiger partial charge < -0.3 is 10.3 Å². The summed E-state index contributed by atoms with van der Waals surface area (Å²) in [6.45, 7) is 4.66. The number of imidazole rings is 1. The van der Waals surface area contributed by atoms with Crippen molar-refractivity contribution in [2.24, 2.45) is 5.73 Å². The second-order valence-corrected chi connectivity index (χ2v) is 4.56. The van der Waals surface area contributed by atoms with Gasteiger partial charge in [-0.2, -0.15) is 0 Å². The molecule has 0 amide bonds. The first kappa shape index (κ1) is 12.1. The summed E-state index contributed by atoms with van der Waals surface area (Å²) in [4.78, 5) is 4.49. The molecule has 90 valence electrons. The van der Waals surface area contributed by atoms with Crippen molar-refractivity contribution in [1.29, 1.82) is 0 Å². The van der Waals surface area contributed by atoms with E-state index in [1.54, 1.807) is 0 Å². The van der Waals surface area contributed by atoms with E-state index in [0.29, 0.717) is 6.54 Å². The molecule has 2 aromatic rings. The highest BCUT2D eigenvalue weighted by Gasteiger charge is 2.07. The van der Waals surface area contributed by atoms with Gasteiger partial charge >= 0.3 is 0 Å². The lowest BCUT2D eigenvalue weighted by Crippen LogP contribution is -2.02. The third-order valence-corrected chi connectivity index (χ3v) is 2.99.